The van der Waals surface area contributed by atoms with Gasteiger partial charge in [0.2, 0.25) is 5.91 Å². The van der Waals surface area contributed by atoms with Gasteiger partial charge in [-0.25, -0.2) is 0 Å². The number of nitrogens with two attached hydrogens (primary N) is 1. The maximum absolute atomic E-state index is 12.0. The first-order valence-corrected chi connectivity index (χ1v) is 5.45. The molecule has 0 radical (unpaired) electrons. The van der Waals surface area contributed by atoms with Gasteiger partial charge in [0, 0.05) is 5.69 Å². The van der Waals surface area contributed by atoms with E-state index in [1.165, 1.54) is 6.92 Å². The van der Waals surface area contributed by atoms with Gasteiger partial charge in [-0.05, 0) is 19.1 Å². The molecule has 6 heteroatoms. The van der Waals surface area contributed by atoms with E-state index in [0.717, 1.165) is 4.90 Å². The Balaban J connectivity index is 2.99. The first-order chi connectivity index (χ1) is 8.43. The molecule has 0 unspecified atom stereocenters. The van der Waals surface area contributed by atoms with Crippen molar-refractivity contribution in [1.82, 2.24) is 0 Å². The van der Waals surface area contributed by atoms with Gasteiger partial charge in [0.25, 0.3) is 0 Å². The van der Waals surface area contributed by atoms with E-state index in [4.69, 9.17) is 10.8 Å². The molecule has 0 spiro atoms. The van der Waals surface area contributed by atoms with Crippen LogP contribution in [0, 0.1) is 0 Å². The second kappa shape index (κ2) is 6.13. The summed E-state index contributed by atoms with van der Waals surface area (Å²) < 4.78 is 0. The van der Waals surface area contributed by atoms with E-state index in [-0.39, 0.29) is 0 Å². The van der Waals surface area contributed by atoms with Gasteiger partial charge in [0.1, 0.15) is 12.6 Å². The van der Waals surface area contributed by atoms with Crippen LogP contribution in [0.5, 0.6) is 0 Å². The van der Waals surface area contributed by atoms with Crippen molar-refractivity contribution in [3.63, 3.8) is 0 Å². The Morgan fingerprint density at radius 2 is 1.89 bits per heavy atom. The number of nitrogens with zero attached hydrogens (tertiary/aromatic N) is 1. The fourth-order valence-corrected chi connectivity index (χ4v) is 1.43. The van der Waals surface area contributed by atoms with Crippen molar-refractivity contribution in [3.05, 3.63) is 30.3 Å². The lowest BCUT2D eigenvalue weighted by Crippen LogP contribution is -2.50. The molecule has 0 saturated heterocycles. The summed E-state index contributed by atoms with van der Waals surface area (Å²) in [5, 5.41) is 18.1. The van der Waals surface area contributed by atoms with Crippen molar-refractivity contribution in [2.24, 2.45) is 5.73 Å². The number of amides is 1. The van der Waals surface area contributed by atoms with Crippen molar-refractivity contribution in [1.29, 1.82) is 0 Å². The molecule has 1 aromatic carbocycles. The number of carbonyl (C=O) groups excluding carboxylic acids is 1. The lowest BCUT2D eigenvalue weighted by molar-refractivity contribution is -0.137. The second-order valence-electron chi connectivity index (χ2n) is 3.92. The molecule has 1 aromatic rings. The minimum Gasteiger partial charge on any atom is -0.480 e. The summed E-state index contributed by atoms with van der Waals surface area (Å²) in [4.78, 5) is 23.8. The van der Waals surface area contributed by atoms with Crippen LogP contribution in [0.15, 0.2) is 30.3 Å². The van der Waals surface area contributed by atoms with Gasteiger partial charge in [0.05, 0.1) is 6.10 Å². The number of rotatable bonds is 5. The number of aliphatic carboxylic acids is 1. The van der Waals surface area contributed by atoms with Crippen LogP contribution in [0.25, 0.3) is 0 Å². The van der Waals surface area contributed by atoms with Gasteiger partial charge in [-0.15, -0.1) is 0 Å². The predicted molar refractivity (Wildman–Crippen MR) is 66.1 cm³/mol. The van der Waals surface area contributed by atoms with Crippen LogP contribution < -0.4 is 10.6 Å². The number of para-hydroxylation sites is 1. The Hall–Kier alpha value is -1.92. The number of hydrogen-bond acceptors (Lipinski definition) is 4. The highest BCUT2D eigenvalue weighted by Crippen LogP contribution is 2.14. The lowest BCUT2D eigenvalue weighted by atomic mass is 10.1. The van der Waals surface area contributed by atoms with E-state index in [2.05, 4.69) is 0 Å². The summed E-state index contributed by atoms with van der Waals surface area (Å²) in [6.45, 7) is 0.885. The fourth-order valence-electron chi connectivity index (χ4n) is 1.43. The monoisotopic (exact) mass is 252 g/mol. The minimum atomic E-state index is -1.15. The van der Waals surface area contributed by atoms with Crippen molar-refractivity contribution >= 4 is 17.6 Å². The van der Waals surface area contributed by atoms with E-state index < -0.39 is 30.6 Å². The van der Waals surface area contributed by atoms with E-state index in [1.807, 2.05) is 0 Å². The average molecular weight is 252 g/mol. The normalized spacial score (nSPS) is 13.7. The molecule has 0 fully saturated rings. The number of carbonyl (C=O) groups is 2. The Morgan fingerprint density at radius 3 is 2.33 bits per heavy atom. The van der Waals surface area contributed by atoms with Crippen molar-refractivity contribution in [2.75, 3.05) is 11.4 Å². The van der Waals surface area contributed by atoms with Crippen molar-refractivity contribution in [2.45, 2.75) is 19.1 Å². The molecule has 98 valence electrons. The smallest absolute Gasteiger partial charge is 0.323 e. The zero-order valence-corrected chi connectivity index (χ0v) is 9.98. The lowest BCUT2D eigenvalue weighted by Gasteiger charge is -2.25. The van der Waals surface area contributed by atoms with Gasteiger partial charge in [0.15, 0.2) is 0 Å². The molecule has 6 nitrogen and oxygen atoms in total. The predicted octanol–water partition coefficient (Wildman–Crippen LogP) is -0.188. The third kappa shape index (κ3) is 3.54. The second-order valence-corrected chi connectivity index (χ2v) is 3.92. The standard InChI is InChI=1S/C12H16N2O4/c1-8(15)11(13)12(18)14(7-10(16)17)9-5-3-2-4-6-9/h2-6,8,11,15H,7,13H2,1H3,(H,16,17)/t8-,11+/m1/s1. The Bertz CT molecular complexity index is 419. The third-order valence-electron chi connectivity index (χ3n) is 2.43. The largest absolute Gasteiger partial charge is 0.480 e. The first kappa shape index (κ1) is 14.1. The van der Waals surface area contributed by atoms with Gasteiger partial charge >= 0.3 is 5.97 Å². The van der Waals surface area contributed by atoms with Crippen LogP contribution in [0.1, 0.15) is 6.92 Å². The Kier molecular flexibility index (Phi) is 4.82. The quantitative estimate of drug-likeness (QED) is 0.674. The molecule has 0 aromatic heterocycles. The Labute approximate surface area is 105 Å². The van der Waals surface area contributed by atoms with Crippen LogP contribution in [0.3, 0.4) is 0 Å². The molecule has 0 aliphatic heterocycles. The highest BCUT2D eigenvalue weighted by Gasteiger charge is 2.27. The fraction of sp³-hybridized carbons (Fsp3) is 0.333. The minimum absolute atomic E-state index is 0.431. The maximum atomic E-state index is 12.0. The molecule has 18 heavy (non-hydrogen) atoms. The summed E-state index contributed by atoms with van der Waals surface area (Å²) in [5.41, 5.74) is 5.97. The van der Waals surface area contributed by atoms with Crippen molar-refractivity contribution < 1.29 is 19.8 Å². The average Bonchev–Trinajstić information content (AvgIpc) is 2.35. The molecular weight excluding hydrogens is 236 g/mol. The third-order valence-corrected chi connectivity index (χ3v) is 2.43. The van der Waals surface area contributed by atoms with Gasteiger partial charge in [-0.3, -0.25) is 14.5 Å². The summed E-state index contributed by atoms with van der Waals surface area (Å²) in [6.07, 6.45) is -1.04. The zero-order valence-electron chi connectivity index (χ0n) is 9.98. The van der Waals surface area contributed by atoms with E-state index in [1.54, 1.807) is 30.3 Å². The molecule has 2 atom stereocenters. The number of anilines is 1. The van der Waals surface area contributed by atoms with Crippen molar-refractivity contribution in [3.8, 4) is 0 Å². The summed E-state index contributed by atoms with van der Waals surface area (Å²) in [5.74, 6) is -1.77. The van der Waals surface area contributed by atoms with Crippen LogP contribution in [0.2, 0.25) is 0 Å². The molecular formula is C12H16N2O4. The van der Waals surface area contributed by atoms with Crippen LogP contribution in [-0.4, -0.2) is 40.8 Å². The summed E-state index contributed by atoms with van der Waals surface area (Å²) >= 11 is 0. The SMILES string of the molecule is C[C@@H](O)[C@H](N)C(=O)N(CC(=O)O)c1ccccc1. The van der Waals surface area contributed by atoms with E-state index >= 15 is 0 Å². The number of carboxylic acid groups (broad SMARTS) is 1. The van der Waals surface area contributed by atoms with E-state index in [9.17, 15) is 14.7 Å². The number of carboxylic acids is 1. The molecule has 0 saturated carbocycles. The van der Waals surface area contributed by atoms with Gasteiger partial charge in [-0.1, -0.05) is 18.2 Å². The Morgan fingerprint density at radius 1 is 1.33 bits per heavy atom. The van der Waals surface area contributed by atoms with Crippen LogP contribution in [-0.2, 0) is 9.59 Å². The number of hydrogen-bond donors (Lipinski definition) is 3. The maximum Gasteiger partial charge on any atom is 0.323 e. The molecule has 4 N–H and O–H groups in total. The first-order valence-electron chi connectivity index (χ1n) is 5.45. The van der Waals surface area contributed by atoms with Crippen LogP contribution in [0.4, 0.5) is 5.69 Å². The number of benzene rings is 1. The zero-order chi connectivity index (χ0) is 13.7. The van der Waals surface area contributed by atoms with E-state index in [0.29, 0.717) is 5.69 Å². The summed E-state index contributed by atoms with van der Waals surface area (Å²) in [6, 6.07) is 7.19. The number of aliphatic hydroxyl groups is 1. The highest BCUT2D eigenvalue weighted by molar-refractivity contribution is 6.00. The molecule has 0 aliphatic rings. The number of aliphatic hydroxyl groups excluding tert-OH is 1. The molecule has 0 aliphatic carbocycles. The van der Waals surface area contributed by atoms with Crippen LogP contribution >= 0.6 is 0 Å². The molecule has 0 heterocycles. The van der Waals surface area contributed by atoms with Gasteiger partial charge in [-0.2, -0.15) is 0 Å². The molecule has 1 amide bonds. The topological polar surface area (TPSA) is 104 Å². The highest BCUT2D eigenvalue weighted by atomic mass is 16.4. The van der Waals surface area contributed by atoms with Gasteiger partial charge < -0.3 is 15.9 Å². The molecule has 1 rings (SSSR count). The summed E-state index contributed by atoms with van der Waals surface area (Å²) in [7, 11) is 0. The molecule has 0 bridgehead atoms.